The molecule has 0 radical (unpaired) electrons. The van der Waals surface area contributed by atoms with E-state index in [0.29, 0.717) is 11.1 Å². The maximum Gasteiger partial charge on any atom is 0.261 e. The number of carbonyl (C=O) groups is 3. The monoisotopic (exact) mass is 507 g/mol. The average molecular weight is 508 g/mol. The zero-order valence-electron chi connectivity index (χ0n) is 21.8. The van der Waals surface area contributed by atoms with Crippen molar-refractivity contribution >= 4 is 17.7 Å². The Labute approximate surface area is 223 Å². The first-order chi connectivity index (χ1) is 18.6. The molecule has 1 saturated heterocycles. The van der Waals surface area contributed by atoms with Crippen LogP contribution in [0.1, 0.15) is 63.9 Å². The van der Waals surface area contributed by atoms with Gasteiger partial charge in [-0.25, -0.2) is 0 Å². The first kappa shape index (κ1) is 24.6. The van der Waals surface area contributed by atoms with Gasteiger partial charge < -0.3 is 4.90 Å². The topological polar surface area (TPSA) is 60.9 Å². The first-order valence-electron chi connectivity index (χ1n) is 13.7. The molecule has 6 nitrogen and oxygen atoms in total. The second-order valence-corrected chi connectivity index (χ2v) is 10.6. The molecule has 3 aromatic carbocycles. The maximum atomic E-state index is 13.8. The molecule has 0 atom stereocenters. The van der Waals surface area contributed by atoms with Gasteiger partial charge in [-0.15, -0.1) is 0 Å². The minimum Gasteiger partial charge on any atom is -0.342 e. The molecule has 6 rings (SSSR count). The largest absolute Gasteiger partial charge is 0.342 e. The molecule has 194 valence electrons. The molecule has 38 heavy (non-hydrogen) atoms. The fourth-order valence-electron chi connectivity index (χ4n) is 6.27. The van der Waals surface area contributed by atoms with E-state index in [1.54, 1.807) is 24.3 Å². The molecule has 0 saturated carbocycles. The summed E-state index contributed by atoms with van der Waals surface area (Å²) in [4.78, 5) is 45.1. The fraction of sp³-hybridized carbons (Fsp3) is 0.344. The van der Waals surface area contributed by atoms with Crippen LogP contribution in [0, 0.1) is 0 Å². The van der Waals surface area contributed by atoms with E-state index < -0.39 is 0 Å². The summed E-state index contributed by atoms with van der Waals surface area (Å²) in [5.74, 6) is -0.373. The van der Waals surface area contributed by atoms with Gasteiger partial charge in [0.05, 0.1) is 23.1 Å². The Morgan fingerprint density at radius 3 is 1.84 bits per heavy atom. The van der Waals surface area contributed by atoms with Crippen molar-refractivity contribution in [2.45, 2.75) is 38.1 Å². The van der Waals surface area contributed by atoms with Gasteiger partial charge in [0.1, 0.15) is 0 Å². The summed E-state index contributed by atoms with van der Waals surface area (Å²) in [7, 11) is 0. The number of amides is 3. The van der Waals surface area contributed by atoms with Gasteiger partial charge in [0.2, 0.25) is 5.91 Å². The van der Waals surface area contributed by atoms with Crippen LogP contribution in [0.25, 0.3) is 11.1 Å². The summed E-state index contributed by atoms with van der Waals surface area (Å²) in [6, 6.07) is 23.6. The van der Waals surface area contributed by atoms with E-state index in [1.807, 2.05) is 29.2 Å². The number of likely N-dealkylation sites (tertiary alicyclic amines) is 1. The van der Waals surface area contributed by atoms with Crippen LogP contribution in [0.15, 0.2) is 72.8 Å². The molecule has 0 bridgehead atoms. The van der Waals surface area contributed by atoms with Gasteiger partial charge in [0.15, 0.2) is 0 Å². The van der Waals surface area contributed by atoms with Crippen LogP contribution in [0.2, 0.25) is 0 Å². The lowest BCUT2D eigenvalue weighted by molar-refractivity contribution is -0.132. The Kier molecular flexibility index (Phi) is 6.58. The zero-order chi connectivity index (χ0) is 26.2. The van der Waals surface area contributed by atoms with Crippen LogP contribution >= 0.6 is 0 Å². The highest BCUT2D eigenvalue weighted by atomic mass is 16.2. The molecule has 0 N–H and O–H groups in total. The molecule has 3 amide bonds. The smallest absolute Gasteiger partial charge is 0.261 e. The van der Waals surface area contributed by atoms with E-state index in [4.69, 9.17) is 0 Å². The number of hydrogen-bond acceptors (Lipinski definition) is 4. The number of unbranched alkanes of at least 4 members (excludes halogenated alkanes) is 1. The third-order valence-corrected chi connectivity index (χ3v) is 8.17. The molecule has 6 heteroatoms. The number of hydrogen-bond donors (Lipinski definition) is 0. The normalized spacial score (nSPS) is 16.8. The van der Waals surface area contributed by atoms with Gasteiger partial charge >= 0.3 is 0 Å². The molecule has 1 aliphatic carbocycles. The highest BCUT2D eigenvalue weighted by Crippen LogP contribution is 2.45. The van der Waals surface area contributed by atoms with Crippen LogP contribution in [0.4, 0.5) is 0 Å². The SMILES string of the molecule is CCCN(CCCCN1CC(N2C(=O)c3ccccc3C2=O)C1)C(=O)C1c2ccccc2-c2ccccc21. The third kappa shape index (κ3) is 4.13. The standard InChI is InChI=1S/C32H33N3O3/c1-2-17-34(32(38)29-25-13-5-3-11-23(25)24-12-4-6-14-26(24)29)19-10-9-18-33-20-22(21-33)35-30(36)27-15-7-8-16-28(27)31(35)37/h3-8,11-16,22,29H,2,9-10,17-21H2,1H3. The summed E-state index contributed by atoms with van der Waals surface area (Å²) < 4.78 is 0. The van der Waals surface area contributed by atoms with Gasteiger partial charge in [-0.05, 0) is 60.2 Å². The van der Waals surface area contributed by atoms with Gasteiger partial charge in [0.25, 0.3) is 11.8 Å². The predicted molar refractivity (Wildman–Crippen MR) is 147 cm³/mol. The van der Waals surface area contributed by atoms with E-state index in [2.05, 4.69) is 36.1 Å². The summed E-state index contributed by atoms with van der Waals surface area (Å²) in [5, 5.41) is 0. The Morgan fingerprint density at radius 1 is 0.763 bits per heavy atom. The molecular formula is C32H33N3O3. The molecule has 0 aromatic heterocycles. The maximum absolute atomic E-state index is 13.8. The van der Waals surface area contributed by atoms with E-state index in [9.17, 15) is 14.4 Å². The molecule has 0 spiro atoms. The van der Waals surface area contributed by atoms with E-state index in [1.165, 1.54) is 16.0 Å². The Morgan fingerprint density at radius 2 is 1.29 bits per heavy atom. The molecule has 0 unspecified atom stereocenters. The van der Waals surface area contributed by atoms with E-state index in [0.717, 1.165) is 63.1 Å². The van der Waals surface area contributed by atoms with Crippen LogP contribution in [-0.4, -0.2) is 71.2 Å². The number of benzene rings is 3. The van der Waals surface area contributed by atoms with Crippen molar-refractivity contribution in [3.05, 3.63) is 95.1 Å². The lowest BCUT2D eigenvalue weighted by Gasteiger charge is -2.43. The van der Waals surface area contributed by atoms with Gasteiger partial charge in [0, 0.05) is 26.2 Å². The predicted octanol–water partition coefficient (Wildman–Crippen LogP) is 4.80. The van der Waals surface area contributed by atoms with Crippen LogP contribution in [0.5, 0.6) is 0 Å². The minimum atomic E-state index is -0.232. The van der Waals surface area contributed by atoms with Gasteiger partial charge in [-0.1, -0.05) is 67.6 Å². The molecular weight excluding hydrogens is 474 g/mol. The Hall–Kier alpha value is -3.77. The summed E-state index contributed by atoms with van der Waals surface area (Å²) in [6.45, 7) is 5.96. The fourth-order valence-corrected chi connectivity index (χ4v) is 6.27. The van der Waals surface area contributed by atoms with Crippen molar-refractivity contribution in [2.24, 2.45) is 0 Å². The Bertz CT molecular complexity index is 1310. The zero-order valence-corrected chi connectivity index (χ0v) is 21.8. The molecule has 3 aromatic rings. The number of carbonyl (C=O) groups excluding carboxylic acids is 3. The number of rotatable bonds is 9. The Balaban J connectivity index is 1.03. The summed E-state index contributed by atoms with van der Waals surface area (Å²) in [6.07, 6.45) is 2.83. The summed E-state index contributed by atoms with van der Waals surface area (Å²) in [5.41, 5.74) is 5.60. The van der Waals surface area contributed by atoms with Crippen LogP contribution in [-0.2, 0) is 4.79 Å². The van der Waals surface area contributed by atoms with E-state index in [-0.39, 0.29) is 29.7 Å². The molecule has 2 aliphatic heterocycles. The van der Waals surface area contributed by atoms with Crippen molar-refractivity contribution in [1.82, 2.24) is 14.7 Å². The number of nitrogens with zero attached hydrogens (tertiary/aromatic N) is 3. The van der Waals surface area contributed by atoms with Crippen molar-refractivity contribution < 1.29 is 14.4 Å². The number of fused-ring (bicyclic) bond motifs is 4. The van der Waals surface area contributed by atoms with Gasteiger partial charge in [-0.3, -0.25) is 24.2 Å². The molecule has 3 aliphatic rings. The second-order valence-electron chi connectivity index (χ2n) is 10.6. The van der Waals surface area contributed by atoms with Crippen molar-refractivity contribution in [3.8, 4) is 11.1 Å². The molecule has 2 heterocycles. The first-order valence-corrected chi connectivity index (χ1v) is 13.7. The van der Waals surface area contributed by atoms with Crippen molar-refractivity contribution in [2.75, 3.05) is 32.7 Å². The minimum absolute atomic E-state index is 0.0527. The quantitative estimate of drug-likeness (QED) is 0.308. The van der Waals surface area contributed by atoms with Crippen LogP contribution < -0.4 is 0 Å². The second kappa shape index (κ2) is 10.2. The third-order valence-electron chi connectivity index (χ3n) is 8.17. The van der Waals surface area contributed by atoms with Crippen molar-refractivity contribution in [1.29, 1.82) is 0 Å². The van der Waals surface area contributed by atoms with E-state index >= 15 is 0 Å². The van der Waals surface area contributed by atoms with Gasteiger partial charge in [-0.2, -0.15) is 0 Å². The lowest BCUT2D eigenvalue weighted by atomic mass is 9.95. The number of imide groups is 1. The highest BCUT2D eigenvalue weighted by molar-refractivity contribution is 6.21. The van der Waals surface area contributed by atoms with Crippen LogP contribution in [0.3, 0.4) is 0 Å². The van der Waals surface area contributed by atoms with Crippen molar-refractivity contribution in [3.63, 3.8) is 0 Å². The average Bonchev–Trinajstić information content (AvgIpc) is 3.38. The summed E-state index contributed by atoms with van der Waals surface area (Å²) >= 11 is 0. The molecule has 1 fully saturated rings. The highest BCUT2D eigenvalue weighted by Gasteiger charge is 2.44. The lowest BCUT2D eigenvalue weighted by Crippen LogP contribution is -2.60.